The Hall–Kier alpha value is -2.63. The van der Waals surface area contributed by atoms with Crippen molar-refractivity contribution in [2.75, 3.05) is 0 Å². The van der Waals surface area contributed by atoms with Gasteiger partial charge in [-0.25, -0.2) is 9.78 Å². The van der Waals surface area contributed by atoms with Gasteiger partial charge >= 0.3 is 5.97 Å². The summed E-state index contributed by atoms with van der Waals surface area (Å²) in [6.45, 7) is 1.87. The normalized spacial score (nSPS) is 11.9. The second-order valence-corrected chi connectivity index (χ2v) is 4.64. The average molecular weight is 287 g/mol. The number of carboxylic acids is 1. The molecule has 1 aromatic carbocycles. The molecule has 0 aliphatic heterocycles. The number of amides is 1. The molecule has 1 heterocycles. The van der Waals surface area contributed by atoms with E-state index in [0.29, 0.717) is 18.5 Å². The molecule has 2 N–H and O–H groups in total. The summed E-state index contributed by atoms with van der Waals surface area (Å²) in [5, 5.41) is 11.6. The van der Waals surface area contributed by atoms with Crippen LogP contribution < -0.4 is 5.32 Å². The fourth-order valence-corrected chi connectivity index (χ4v) is 2.04. The minimum Gasteiger partial charge on any atom is -0.480 e. The molecule has 0 radical (unpaired) electrons. The standard InChI is InChI=1S/C15H17N3O3/c1-2-6-12(15(20)21)17-14(19)13-9-16-10-18(13)11-7-4-3-5-8-11/h3-5,7-10,12H,2,6H2,1H3,(H,17,19)(H,20,21). The number of para-hydroxylation sites is 1. The van der Waals surface area contributed by atoms with E-state index in [4.69, 9.17) is 5.11 Å². The highest BCUT2D eigenvalue weighted by Gasteiger charge is 2.21. The molecule has 1 unspecified atom stereocenters. The van der Waals surface area contributed by atoms with Gasteiger partial charge in [-0.2, -0.15) is 0 Å². The van der Waals surface area contributed by atoms with E-state index in [1.54, 1.807) is 4.57 Å². The summed E-state index contributed by atoms with van der Waals surface area (Å²) in [5.74, 6) is -1.48. The van der Waals surface area contributed by atoms with E-state index in [0.717, 1.165) is 5.69 Å². The molecule has 1 atom stereocenters. The summed E-state index contributed by atoms with van der Waals surface area (Å²) < 4.78 is 1.63. The van der Waals surface area contributed by atoms with Gasteiger partial charge in [0.1, 0.15) is 11.7 Å². The molecule has 1 amide bonds. The molecule has 0 aliphatic rings. The Balaban J connectivity index is 2.21. The second kappa shape index (κ2) is 6.69. The van der Waals surface area contributed by atoms with Crippen molar-refractivity contribution in [1.29, 1.82) is 0 Å². The molecule has 110 valence electrons. The summed E-state index contributed by atoms with van der Waals surface area (Å²) in [4.78, 5) is 27.3. The van der Waals surface area contributed by atoms with Gasteiger partial charge in [-0.15, -0.1) is 0 Å². The number of carbonyl (C=O) groups excluding carboxylic acids is 1. The first-order valence-electron chi connectivity index (χ1n) is 6.75. The smallest absolute Gasteiger partial charge is 0.326 e. The molecule has 6 nitrogen and oxygen atoms in total. The first kappa shape index (κ1) is 14.8. The van der Waals surface area contributed by atoms with Crippen LogP contribution in [0, 0.1) is 0 Å². The Morgan fingerprint density at radius 1 is 1.33 bits per heavy atom. The van der Waals surface area contributed by atoms with Gasteiger partial charge < -0.3 is 10.4 Å². The number of nitrogens with zero attached hydrogens (tertiary/aromatic N) is 2. The van der Waals surface area contributed by atoms with E-state index < -0.39 is 17.9 Å². The van der Waals surface area contributed by atoms with Gasteiger partial charge in [-0.05, 0) is 18.6 Å². The van der Waals surface area contributed by atoms with Crippen molar-refractivity contribution in [3.8, 4) is 5.69 Å². The number of hydrogen-bond donors (Lipinski definition) is 2. The molecule has 0 saturated carbocycles. The van der Waals surface area contributed by atoms with E-state index >= 15 is 0 Å². The average Bonchev–Trinajstić information content (AvgIpc) is 2.97. The fourth-order valence-electron chi connectivity index (χ4n) is 2.04. The zero-order valence-electron chi connectivity index (χ0n) is 11.7. The van der Waals surface area contributed by atoms with Gasteiger partial charge in [0.15, 0.2) is 0 Å². The van der Waals surface area contributed by atoms with Gasteiger partial charge in [0, 0.05) is 5.69 Å². The predicted octanol–water partition coefficient (Wildman–Crippen LogP) is 1.86. The molecule has 0 fully saturated rings. The third kappa shape index (κ3) is 3.47. The van der Waals surface area contributed by atoms with Gasteiger partial charge in [0.2, 0.25) is 0 Å². The first-order valence-corrected chi connectivity index (χ1v) is 6.75. The molecule has 0 saturated heterocycles. The van der Waals surface area contributed by atoms with Crippen LogP contribution in [0.2, 0.25) is 0 Å². The van der Waals surface area contributed by atoms with Crippen molar-refractivity contribution < 1.29 is 14.7 Å². The summed E-state index contributed by atoms with van der Waals surface area (Å²) >= 11 is 0. The highest BCUT2D eigenvalue weighted by molar-refractivity contribution is 5.95. The molecular formula is C15H17N3O3. The zero-order valence-corrected chi connectivity index (χ0v) is 11.7. The lowest BCUT2D eigenvalue weighted by Gasteiger charge is -2.14. The van der Waals surface area contributed by atoms with Crippen molar-refractivity contribution >= 4 is 11.9 Å². The Morgan fingerprint density at radius 3 is 2.67 bits per heavy atom. The van der Waals surface area contributed by atoms with E-state index in [9.17, 15) is 9.59 Å². The molecular weight excluding hydrogens is 270 g/mol. The van der Waals surface area contributed by atoms with Crippen molar-refractivity contribution in [2.24, 2.45) is 0 Å². The summed E-state index contributed by atoms with van der Waals surface area (Å²) in [7, 11) is 0. The number of benzene rings is 1. The number of aromatic nitrogens is 2. The number of hydrogen-bond acceptors (Lipinski definition) is 3. The lowest BCUT2D eigenvalue weighted by Crippen LogP contribution is -2.41. The third-order valence-electron chi connectivity index (χ3n) is 3.09. The van der Waals surface area contributed by atoms with Crippen molar-refractivity contribution in [1.82, 2.24) is 14.9 Å². The van der Waals surface area contributed by atoms with Crippen LogP contribution in [0.1, 0.15) is 30.3 Å². The molecule has 0 bridgehead atoms. The molecule has 21 heavy (non-hydrogen) atoms. The number of carboxylic acid groups (broad SMARTS) is 1. The van der Waals surface area contributed by atoms with Crippen LogP contribution in [0.5, 0.6) is 0 Å². The maximum absolute atomic E-state index is 12.3. The summed E-state index contributed by atoms with van der Waals surface area (Å²) in [6.07, 6.45) is 4.02. The third-order valence-corrected chi connectivity index (χ3v) is 3.09. The summed E-state index contributed by atoms with van der Waals surface area (Å²) in [5.41, 5.74) is 1.10. The highest BCUT2D eigenvalue weighted by atomic mass is 16.4. The van der Waals surface area contributed by atoms with Crippen LogP contribution in [-0.4, -0.2) is 32.6 Å². The molecule has 6 heteroatoms. The van der Waals surface area contributed by atoms with E-state index in [1.807, 2.05) is 37.3 Å². The predicted molar refractivity (Wildman–Crippen MR) is 77.4 cm³/mol. The minimum atomic E-state index is -1.03. The van der Waals surface area contributed by atoms with Gasteiger partial charge in [0.05, 0.1) is 12.5 Å². The maximum atomic E-state index is 12.3. The van der Waals surface area contributed by atoms with Gasteiger partial charge in [-0.1, -0.05) is 31.5 Å². The molecule has 0 aliphatic carbocycles. The van der Waals surface area contributed by atoms with Crippen LogP contribution in [0.3, 0.4) is 0 Å². The van der Waals surface area contributed by atoms with Crippen LogP contribution >= 0.6 is 0 Å². The topological polar surface area (TPSA) is 84.2 Å². The second-order valence-electron chi connectivity index (χ2n) is 4.64. The van der Waals surface area contributed by atoms with Crippen LogP contribution in [0.4, 0.5) is 0 Å². The number of carbonyl (C=O) groups is 2. The van der Waals surface area contributed by atoms with Crippen molar-refractivity contribution in [2.45, 2.75) is 25.8 Å². The first-order chi connectivity index (χ1) is 10.1. The minimum absolute atomic E-state index is 0.309. The molecule has 0 spiro atoms. The Kier molecular flexibility index (Phi) is 4.71. The zero-order chi connectivity index (χ0) is 15.2. The maximum Gasteiger partial charge on any atom is 0.326 e. The Bertz CT molecular complexity index is 622. The van der Waals surface area contributed by atoms with Crippen molar-refractivity contribution in [3.05, 3.63) is 48.5 Å². The van der Waals surface area contributed by atoms with E-state index in [-0.39, 0.29) is 0 Å². The molecule has 1 aromatic heterocycles. The van der Waals surface area contributed by atoms with Gasteiger partial charge in [0.25, 0.3) is 5.91 Å². The molecule has 2 aromatic rings. The number of aliphatic carboxylic acids is 1. The van der Waals surface area contributed by atoms with Crippen LogP contribution in [-0.2, 0) is 4.79 Å². The number of rotatable bonds is 6. The van der Waals surface area contributed by atoms with Crippen LogP contribution in [0.25, 0.3) is 5.69 Å². The van der Waals surface area contributed by atoms with Crippen LogP contribution in [0.15, 0.2) is 42.9 Å². The van der Waals surface area contributed by atoms with E-state index in [2.05, 4.69) is 10.3 Å². The van der Waals surface area contributed by atoms with Crippen molar-refractivity contribution in [3.63, 3.8) is 0 Å². The van der Waals surface area contributed by atoms with Gasteiger partial charge in [-0.3, -0.25) is 9.36 Å². The lowest BCUT2D eigenvalue weighted by atomic mass is 10.1. The summed E-state index contributed by atoms with van der Waals surface area (Å²) in [6, 6.07) is 8.39. The quantitative estimate of drug-likeness (QED) is 0.849. The Labute approximate surface area is 122 Å². The molecule has 2 rings (SSSR count). The highest BCUT2D eigenvalue weighted by Crippen LogP contribution is 2.11. The largest absolute Gasteiger partial charge is 0.480 e. The lowest BCUT2D eigenvalue weighted by molar-refractivity contribution is -0.139. The fraction of sp³-hybridized carbons (Fsp3) is 0.267. The van der Waals surface area contributed by atoms with E-state index in [1.165, 1.54) is 12.5 Å². The number of nitrogens with one attached hydrogen (secondary N) is 1. The SMILES string of the molecule is CCCC(NC(=O)c1cncn1-c1ccccc1)C(=O)O. The number of imidazole rings is 1. The Morgan fingerprint density at radius 2 is 2.05 bits per heavy atom. The monoisotopic (exact) mass is 287 g/mol.